The van der Waals surface area contributed by atoms with Gasteiger partial charge in [-0.1, -0.05) is 42.8 Å². The van der Waals surface area contributed by atoms with Crippen LogP contribution in [-0.4, -0.2) is 27.4 Å². The molecule has 2 N–H and O–H groups in total. The average Bonchev–Trinajstić information content (AvgIpc) is 3.21. The average molecular weight is 418 g/mol. The lowest BCUT2D eigenvalue weighted by molar-refractivity contribution is -0.119. The molecule has 0 bridgehead atoms. The van der Waals surface area contributed by atoms with Crippen LogP contribution in [0.1, 0.15) is 34.5 Å². The maximum atomic E-state index is 12.8. The van der Waals surface area contributed by atoms with Gasteiger partial charge in [-0.3, -0.25) is 9.78 Å². The van der Waals surface area contributed by atoms with E-state index < -0.39 is 0 Å². The number of pyridine rings is 1. The Kier molecular flexibility index (Phi) is 5.99. The summed E-state index contributed by atoms with van der Waals surface area (Å²) in [6.07, 6.45) is 5.99. The van der Waals surface area contributed by atoms with Crippen molar-refractivity contribution in [3.05, 3.63) is 82.8 Å². The van der Waals surface area contributed by atoms with Crippen molar-refractivity contribution in [3.8, 4) is 0 Å². The summed E-state index contributed by atoms with van der Waals surface area (Å²) in [6.45, 7) is 4.27. The highest BCUT2D eigenvalue weighted by molar-refractivity contribution is 7.18. The number of aryl methyl sites for hydroxylation is 2. The third-order valence-corrected chi connectivity index (χ3v) is 6.07. The maximum Gasteiger partial charge on any atom is 0.240 e. The van der Waals surface area contributed by atoms with E-state index in [1.807, 2.05) is 43.3 Å². The zero-order chi connectivity index (χ0) is 20.9. The van der Waals surface area contributed by atoms with Crippen LogP contribution < -0.4 is 10.6 Å². The number of rotatable bonds is 7. The van der Waals surface area contributed by atoms with E-state index in [9.17, 15) is 4.79 Å². The molecule has 0 saturated heterocycles. The predicted octanol–water partition coefficient (Wildman–Crippen LogP) is 4.27. The molecule has 4 rings (SSSR count). The molecule has 0 saturated carbocycles. The number of amides is 1. The van der Waals surface area contributed by atoms with E-state index in [2.05, 4.69) is 38.6 Å². The number of benzene rings is 1. The summed E-state index contributed by atoms with van der Waals surface area (Å²) >= 11 is 1.65. The van der Waals surface area contributed by atoms with Gasteiger partial charge in [-0.25, -0.2) is 9.97 Å². The first-order valence-corrected chi connectivity index (χ1v) is 10.7. The van der Waals surface area contributed by atoms with Crippen LogP contribution in [0.4, 0.5) is 5.82 Å². The van der Waals surface area contributed by atoms with Gasteiger partial charge < -0.3 is 10.6 Å². The fraction of sp³-hybridized carbons (Fsp3) is 0.217. The van der Waals surface area contributed by atoms with E-state index in [0.29, 0.717) is 5.82 Å². The largest absolute Gasteiger partial charge is 0.360 e. The molecule has 6 nitrogen and oxygen atoms in total. The van der Waals surface area contributed by atoms with E-state index in [1.54, 1.807) is 23.7 Å². The molecule has 1 aromatic carbocycles. The third-order valence-electron chi connectivity index (χ3n) is 4.88. The highest BCUT2D eigenvalue weighted by atomic mass is 32.1. The molecule has 3 heterocycles. The Morgan fingerprint density at radius 2 is 1.97 bits per heavy atom. The van der Waals surface area contributed by atoms with E-state index in [-0.39, 0.29) is 18.5 Å². The molecule has 3 aromatic heterocycles. The number of fused-ring (bicyclic) bond motifs is 1. The van der Waals surface area contributed by atoms with E-state index >= 15 is 0 Å². The topological polar surface area (TPSA) is 79.8 Å². The summed E-state index contributed by atoms with van der Waals surface area (Å²) in [5.74, 6) is 0.557. The molecule has 0 aliphatic heterocycles. The Morgan fingerprint density at radius 1 is 1.13 bits per heavy atom. The fourth-order valence-electron chi connectivity index (χ4n) is 3.26. The number of hydrogen-bond acceptors (Lipinski definition) is 6. The second kappa shape index (κ2) is 9.00. The van der Waals surface area contributed by atoms with E-state index in [1.165, 1.54) is 16.8 Å². The molecule has 1 atom stereocenters. The Morgan fingerprint density at radius 3 is 2.70 bits per heavy atom. The first-order chi connectivity index (χ1) is 14.6. The number of nitrogens with one attached hydrogen (secondary N) is 2. The highest BCUT2D eigenvalue weighted by Crippen LogP contribution is 2.28. The number of carbonyl (C=O) groups is 1. The molecule has 30 heavy (non-hydrogen) atoms. The third kappa shape index (κ3) is 4.46. The van der Waals surface area contributed by atoms with Gasteiger partial charge in [-0.15, -0.1) is 11.3 Å². The van der Waals surface area contributed by atoms with Crippen LogP contribution in [0.25, 0.3) is 10.2 Å². The molecule has 0 fully saturated rings. The minimum atomic E-state index is -0.271. The van der Waals surface area contributed by atoms with Crippen LogP contribution in [0.5, 0.6) is 0 Å². The molecule has 152 valence electrons. The quantitative estimate of drug-likeness (QED) is 0.469. The standard InChI is InChI=1S/C23H23N5OS/c1-3-18-11-19-22(26-14-27-23(19)30-18)25-13-20(29)28-21(17-5-4-10-24-12-17)16-8-6-15(2)7-9-16/h4-12,14,21H,3,13H2,1-2H3,(H,28,29)(H,25,26,27)/t21-/m0/s1. The van der Waals surface area contributed by atoms with Crippen LogP contribution in [0, 0.1) is 6.92 Å². The van der Waals surface area contributed by atoms with Crippen molar-refractivity contribution >= 4 is 33.3 Å². The Bertz CT molecular complexity index is 1140. The van der Waals surface area contributed by atoms with Crippen molar-refractivity contribution in [2.45, 2.75) is 26.3 Å². The normalized spacial score (nSPS) is 11.9. The Balaban J connectivity index is 1.51. The fourth-order valence-corrected chi connectivity index (χ4v) is 4.20. The summed E-state index contributed by atoms with van der Waals surface area (Å²) in [5, 5.41) is 7.24. The van der Waals surface area contributed by atoms with Gasteiger partial charge in [0.2, 0.25) is 5.91 Å². The lowest BCUT2D eigenvalue weighted by Gasteiger charge is -2.20. The molecule has 1 amide bonds. The van der Waals surface area contributed by atoms with Crippen LogP contribution in [0.15, 0.2) is 61.2 Å². The number of anilines is 1. The molecule has 4 aromatic rings. The van der Waals surface area contributed by atoms with Crippen molar-refractivity contribution in [2.24, 2.45) is 0 Å². The van der Waals surface area contributed by atoms with Gasteiger partial charge in [-0.05, 0) is 36.6 Å². The van der Waals surface area contributed by atoms with Gasteiger partial charge in [0.15, 0.2) is 0 Å². The zero-order valence-electron chi connectivity index (χ0n) is 16.9. The number of aromatic nitrogens is 3. The SMILES string of the molecule is CCc1cc2c(NCC(=O)N[C@@H](c3ccc(C)cc3)c3cccnc3)ncnc2s1. The van der Waals surface area contributed by atoms with Gasteiger partial charge >= 0.3 is 0 Å². The summed E-state index contributed by atoms with van der Waals surface area (Å²) < 4.78 is 0. The van der Waals surface area contributed by atoms with Gasteiger partial charge in [-0.2, -0.15) is 0 Å². The van der Waals surface area contributed by atoms with Crippen LogP contribution in [-0.2, 0) is 11.2 Å². The molecule has 0 unspecified atom stereocenters. The van der Waals surface area contributed by atoms with Crippen LogP contribution in [0.3, 0.4) is 0 Å². The van der Waals surface area contributed by atoms with Crippen molar-refractivity contribution in [1.29, 1.82) is 0 Å². The second-order valence-electron chi connectivity index (χ2n) is 7.06. The Labute approximate surface area is 179 Å². The Hall–Kier alpha value is -3.32. The van der Waals surface area contributed by atoms with Gasteiger partial charge in [0, 0.05) is 17.3 Å². The maximum absolute atomic E-state index is 12.8. The van der Waals surface area contributed by atoms with E-state index in [0.717, 1.165) is 27.8 Å². The summed E-state index contributed by atoms with van der Waals surface area (Å²) in [5.41, 5.74) is 3.12. The molecule has 0 aliphatic carbocycles. The molecular weight excluding hydrogens is 394 g/mol. The zero-order valence-corrected chi connectivity index (χ0v) is 17.7. The highest BCUT2D eigenvalue weighted by Gasteiger charge is 2.17. The van der Waals surface area contributed by atoms with Crippen molar-refractivity contribution in [3.63, 3.8) is 0 Å². The minimum Gasteiger partial charge on any atom is -0.360 e. The van der Waals surface area contributed by atoms with Gasteiger partial charge in [0.25, 0.3) is 0 Å². The predicted molar refractivity (Wildman–Crippen MR) is 121 cm³/mol. The van der Waals surface area contributed by atoms with Crippen molar-refractivity contribution in [2.75, 3.05) is 11.9 Å². The van der Waals surface area contributed by atoms with Crippen molar-refractivity contribution in [1.82, 2.24) is 20.3 Å². The number of carbonyl (C=O) groups excluding carboxylic acids is 1. The monoisotopic (exact) mass is 417 g/mol. The smallest absolute Gasteiger partial charge is 0.240 e. The summed E-state index contributed by atoms with van der Waals surface area (Å²) in [7, 11) is 0. The molecule has 7 heteroatoms. The van der Waals surface area contributed by atoms with Crippen LogP contribution in [0.2, 0.25) is 0 Å². The van der Waals surface area contributed by atoms with Gasteiger partial charge in [0.1, 0.15) is 17.0 Å². The molecule has 0 radical (unpaired) electrons. The minimum absolute atomic E-state index is 0.117. The number of hydrogen-bond donors (Lipinski definition) is 2. The van der Waals surface area contributed by atoms with Crippen molar-refractivity contribution < 1.29 is 4.79 Å². The van der Waals surface area contributed by atoms with Gasteiger partial charge in [0.05, 0.1) is 18.0 Å². The summed E-state index contributed by atoms with van der Waals surface area (Å²) in [6, 6.07) is 13.8. The first kappa shape index (κ1) is 20.0. The lowest BCUT2D eigenvalue weighted by Crippen LogP contribution is -2.34. The number of nitrogens with zero attached hydrogens (tertiary/aromatic N) is 3. The lowest BCUT2D eigenvalue weighted by atomic mass is 9.99. The molecular formula is C23H23N5OS. The molecule has 0 spiro atoms. The van der Waals surface area contributed by atoms with Crippen LogP contribution >= 0.6 is 11.3 Å². The molecule has 0 aliphatic rings. The number of thiophene rings is 1. The first-order valence-electron chi connectivity index (χ1n) is 9.87. The van der Waals surface area contributed by atoms with E-state index in [4.69, 9.17) is 0 Å². The summed E-state index contributed by atoms with van der Waals surface area (Å²) in [4.78, 5) is 27.8. The second-order valence-corrected chi connectivity index (χ2v) is 8.17.